The van der Waals surface area contributed by atoms with E-state index in [0.29, 0.717) is 10.7 Å². The van der Waals surface area contributed by atoms with Crippen molar-refractivity contribution in [3.05, 3.63) is 46.2 Å². The standard InChI is InChI=1S/C18H23Cl2N5O2/c1-3-24(4-2)7-8-25-12-14(10-22-25)23-17(26)11-21-18(27)15-6-5-13(19)9-16(15)20/h5-6,9-10,12H,3-4,7-8,11H2,1-2H3,(H,21,27)(H,23,26). The third-order valence-corrected chi connectivity index (χ3v) is 4.59. The van der Waals surface area contributed by atoms with Crippen LogP contribution in [0.2, 0.25) is 10.0 Å². The third-order valence-electron chi connectivity index (χ3n) is 4.04. The molecule has 27 heavy (non-hydrogen) atoms. The molecule has 9 heteroatoms. The molecule has 0 bridgehead atoms. The van der Waals surface area contributed by atoms with E-state index in [1.54, 1.807) is 23.1 Å². The van der Waals surface area contributed by atoms with Gasteiger partial charge in [0.2, 0.25) is 5.91 Å². The van der Waals surface area contributed by atoms with Crippen molar-refractivity contribution in [1.82, 2.24) is 20.0 Å². The van der Waals surface area contributed by atoms with Crippen LogP contribution in [0.5, 0.6) is 0 Å². The molecule has 0 saturated carbocycles. The fraction of sp³-hybridized carbons (Fsp3) is 0.389. The summed E-state index contributed by atoms with van der Waals surface area (Å²) in [6, 6.07) is 4.55. The Morgan fingerprint density at radius 3 is 2.63 bits per heavy atom. The number of hydrogen-bond donors (Lipinski definition) is 2. The first kappa shape index (κ1) is 21.2. The molecule has 2 rings (SSSR count). The maximum atomic E-state index is 12.1. The van der Waals surface area contributed by atoms with Crippen molar-refractivity contribution in [3.63, 3.8) is 0 Å². The third kappa shape index (κ3) is 6.53. The number of aromatic nitrogens is 2. The Morgan fingerprint density at radius 2 is 1.96 bits per heavy atom. The van der Waals surface area contributed by atoms with Gasteiger partial charge in [-0.25, -0.2) is 0 Å². The van der Waals surface area contributed by atoms with Crippen molar-refractivity contribution >= 4 is 40.7 Å². The fourth-order valence-electron chi connectivity index (χ4n) is 2.47. The number of nitrogens with zero attached hydrogens (tertiary/aromatic N) is 3. The number of carbonyl (C=O) groups is 2. The minimum atomic E-state index is -0.443. The summed E-state index contributed by atoms with van der Waals surface area (Å²) in [5.41, 5.74) is 0.844. The lowest BCUT2D eigenvalue weighted by atomic mass is 10.2. The molecule has 0 aliphatic carbocycles. The molecule has 0 aliphatic rings. The van der Waals surface area contributed by atoms with Crippen molar-refractivity contribution < 1.29 is 9.59 Å². The highest BCUT2D eigenvalue weighted by Gasteiger charge is 2.12. The van der Waals surface area contributed by atoms with Crippen LogP contribution in [-0.4, -0.2) is 52.7 Å². The predicted octanol–water partition coefficient (Wildman–Crippen LogP) is 2.90. The largest absolute Gasteiger partial charge is 0.343 e. The van der Waals surface area contributed by atoms with E-state index >= 15 is 0 Å². The van der Waals surface area contributed by atoms with Crippen molar-refractivity contribution in [1.29, 1.82) is 0 Å². The molecule has 0 fully saturated rings. The highest BCUT2D eigenvalue weighted by Crippen LogP contribution is 2.20. The van der Waals surface area contributed by atoms with Gasteiger partial charge < -0.3 is 15.5 Å². The van der Waals surface area contributed by atoms with Crippen LogP contribution in [0.1, 0.15) is 24.2 Å². The molecule has 1 heterocycles. The summed E-state index contributed by atoms with van der Waals surface area (Å²) in [6.45, 7) is 7.65. The van der Waals surface area contributed by atoms with E-state index in [9.17, 15) is 9.59 Å². The first-order valence-electron chi connectivity index (χ1n) is 8.70. The molecule has 0 spiro atoms. The average Bonchev–Trinajstić information content (AvgIpc) is 3.08. The zero-order valence-corrected chi connectivity index (χ0v) is 16.8. The molecule has 7 nitrogen and oxygen atoms in total. The first-order chi connectivity index (χ1) is 12.9. The lowest BCUT2D eigenvalue weighted by molar-refractivity contribution is -0.115. The van der Waals surface area contributed by atoms with Crippen molar-refractivity contribution in [2.75, 3.05) is 31.5 Å². The summed E-state index contributed by atoms with van der Waals surface area (Å²) in [4.78, 5) is 26.4. The summed E-state index contributed by atoms with van der Waals surface area (Å²) in [7, 11) is 0. The number of nitrogens with one attached hydrogen (secondary N) is 2. The molecule has 0 unspecified atom stereocenters. The zero-order chi connectivity index (χ0) is 19.8. The molecule has 146 valence electrons. The summed E-state index contributed by atoms with van der Waals surface area (Å²) in [5, 5.41) is 10.1. The van der Waals surface area contributed by atoms with Gasteiger partial charge in [-0.05, 0) is 31.3 Å². The normalized spacial score (nSPS) is 10.9. The van der Waals surface area contributed by atoms with Crippen LogP contribution in [0, 0.1) is 0 Å². The minimum absolute atomic E-state index is 0.178. The first-order valence-corrected chi connectivity index (χ1v) is 9.46. The molecule has 0 aliphatic heterocycles. The Balaban J connectivity index is 1.81. The molecule has 2 amide bonds. The average molecular weight is 412 g/mol. The smallest absolute Gasteiger partial charge is 0.253 e. The second-order valence-electron chi connectivity index (χ2n) is 5.87. The summed E-state index contributed by atoms with van der Waals surface area (Å²) in [6.07, 6.45) is 3.34. The van der Waals surface area contributed by atoms with Gasteiger partial charge in [-0.2, -0.15) is 5.10 Å². The van der Waals surface area contributed by atoms with Gasteiger partial charge in [0.25, 0.3) is 5.91 Å². The van der Waals surface area contributed by atoms with Crippen molar-refractivity contribution in [2.45, 2.75) is 20.4 Å². The van der Waals surface area contributed by atoms with Gasteiger partial charge in [0.05, 0.1) is 35.6 Å². The van der Waals surface area contributed by atoms with E-state index in [1.807, 2.05) is 0 Å². The van der Waals surface area contributed by atoms with Crippen molar-refractivity contribution in [2.24, 2.45) is 0 Å². The van der Waals surface area contributed by atoms with Crippen LogP contribution in [-0.2, 0) is 11.3 Å². The van der Waals surface area contributed by atoms with E-state index in [4.69, 9.17) is 23.2 Å². The van der Waals surface area contributed by atoms with Crippen LogP contribution in [0.4, 0.5) is 5.69 Å². The number of halogens is 2. The van der Waals surface area contributed by atoms with Crippen molar-refractivity contribution in [3.8, 4) is 0 Å². The number of likely N-dealkylation sites (N-methyl/N-ethyl adjacent to an activating group) is 1. The number of rotatable bonds is 9. The number of anilines is 1. The van der Waals surface area contributed by atoms with Gasteiger partial charge in [-0.3, -0.25) is 14.3 Å². The second-order valence-corrected chi connectivity index (χ2v) is 6.72. The van der Waals surface area contributed by atoms with Gasteiger partial charge in [0.1, 0.15) is 0 Å². The molecular formula is C18H23Cl2N5O2. The molecular weight excluding hydrogens is 389 g/mol. The number of hydrogen-bond acceptors (Lipinski definition) is 4. The molecule has 1 aromatic heterocycles. The van der Waals surface area contributed by atoms with E-state index in [1.165, 1.54) is 12.1 Å². The van der Waals surface area contributed by atoms with Crippen LogP contribution in [0.25, 0.3) is 0 Å². The second kappa shape index (κ2) is 10.3. The maximum Gasteiger partial charge on any atom is 0.253 e. The van der Waals surface area contributed by atoms with Crippen LogP contribution in [0.3, 0.4) is 0 Å². The number of carbonyl (C=O) groups excluding carboxylic acids is 2. The van der Waals surface area contributed by atoms with Crippen LogP contribution < -0.4 is 10.6 Å². The van der Waals surface area contributed by atoms with E-state index < -0.39 is 5.91 Å². The molecule has 0 atom stereocenters. The van der Waals surface area contributed by atoms with Crippen LogP contribution >= 0.6 is 23.2 Å². The predicted molar refractivity (Wildman–Crippen MR) is 107 cm³/mol. The van der Waals surface area contributed by atoms with Gasteiger partial charge >= 0.3 is 0 Å². The summed E-state index contributed by atoms with van der Waals surface area (Å²) in [5.74, 6) is -0.793. The molecule has 2 N–H and O–H groups in total. The Morgan fingerprint density at radius 1 is 1.22 bits per heavy atom. The molecule has 0 radical (unpaired) electrons. The zero-order valence-electron chi connectivity index (χ0n) is 15.3. The summed E-state index contributed by atoms with van der Waals surface area (Å²) < 4.78 is 1.78. The van der Waals surface area contributed by atoms with E-state index in [0.717, 1.165) is 26.2 Å². The topological polar surface area (TPSA) is 79.3 Å². The highest BCUT2D eigenvalue weighted by atomic mass is 35.5. The number of amides is 2. The number of benzene rings is 1. The lowest BCUT2D eigenvalue weighted by Crippen LogP contribution is -2.32. The fourth-order valence-corrected chi connectivity index (χ4v) is 2.96. The quantitative estimate of drug-likeness (QED) is 0.664. The van der Waals surface area contributed by atoms with Crippen LogP contribution in [0.15, 0.2) is 30.6 Å². The Kier molecular flexibility index (Phi) is 8.09. The van der Waals surface area contributed by atoms with Gasteiger partial charge in [0, 0.05) is 17.8 Å². The summed E-state index contributed by atoms with van der Waals surface area (Å²) >= 11 is 11.8. The van der Waals surface area contributed by atoms with Gasteiger partial charge in [-0.15, -0.1) is 0 Å². The maximum absolute atomic E-state index is 12.1. The Labute approximate surface area is 168 Å². The molecule has 2 aromatic rings. The lowest BCUT2D eigenvalue weighted by Gasteiger charge is -2.17. The Bertz CT molecular complexity index is 790. The molecule has 0 saturated heterocycles. The SMILES string of the molecule is CCN(CC)CCn1cc(NC(=O)CNC(=O)c2ccc(Cl)cc2Cl)cn1. The van der Waals surface area contributed by atoms with Gasteiger partial charge in [0.15, 0.2) is 0 Å². The highest BCUT2D eigenvalue weighted by molar-refractivity contribution is 6.36. The van der Waals surface area contributed by atoms with E-state index in [-0.39, 0.29) is 23.0 Å². The van der Waals surface area contributed by atoms with Gasteiger partial charge in [-0.1, -0.05) is 37.0 Å². The minimum Gasteiger partial charge on any atom is -0.343 e. The van der Waals surface area contributed by atoms with E-state index in [2.05, 4.69) is 34.5 Å². The monoisotopic (exact) mass is 411 g/mol. The Hall–Kier alpha value is -2.09. The molecule has 1 aromatic carbocycles.